The molecule has 0 aliphatic rings. The summed E-state index contributed by atoms with van der Waals surface area (Å²) >= 11 is 1.26. The number of aryl methyl sites for hydroxylation is 1. The van der Waals surface area contributed by atoms with Gasteiger partial charge in [-0.2, -0.15) is 9.78 Å². The molecule has 0 aliphatic heterocycles. The van der Waals surface area contributed by atoms with E-state index in [4.69, 9.17) is 4.74 Å². The van der Waals surface area contributed by atoms with Crippen LogP contribution in [-0.4, -0.2) is 39.1 Å². The van der Waals surface area contributed by atoms with Crippen LogP contribution >= 0.6 is 11.8 Å². The quantitative estimate of drug-likeness (QED) is 0.665. The Kier molecular flexibility index (Phi) is 5.16. The second-order valence-corrected chi connectivity index (χ2v) is 5.03. The molecule has 0 saturated heterocycles. The van der Waals surface area contributed by atoms with Crippen LogP contribution in [0.25, 0.3) is 0 Å². The van der Waals surface area contributed by atoms with Gasteiger partial charge in [0.25, 0.3) is 5.56 Å². The summed E-state index contributed by atoms with van der Waals surface area (Å²) in [5.74, 6) is 0.346. The van der Waals surface area contributed by atoms with Gasteiger partial charge in [0, 0.05) is 5.56 Å². The lowest BCUT2D eigenvalue weighted by Crippen LogP contribution is -2.23. The lowest BCUT2D eigenvalue weighted by molar-refractivity contribution is 0.318. The predicted octanol–water partition coefficient (Wildman–Crippen LogP) is 1.66. The van der Waals surface area contributed by atoms with Crippen LogP contribution < -0.4 is 10.3 Å². The average Bonchev–Trinajstić information content (AvgIpc) is 2.52. The largest absolute Gasteiger partial charge is 0.504 e. The van der Waals surface area contributed by atoms with Crippen molar-refractivity contribution < 1.29 is 9.84 Å². The van der Waals surface area contributed by atoms with E-state index in [9.17, 15) is 9.90 Å². The third kappa shape index (κ3) is 3.28. The van der Waals surface area contributed by atoms with Gasteiger partial charge in [-0.25, -0.2) is 0 Å². The average molecular weight is 320 g/mol. The summed E-state index contributed by atoms with van der Waals surface area (Å²) in [6.07, 6.45) is 3.16. The smallest absolute Gasteiger partial charge is 0.296 e. The minimum atomic E-state index is -0.351. The van der Waals surface area contributed by atoms with Crippen molar-refractivity contribution in [2.24, 2.45) is 5.10 Å². The fourth-order valence-corrected chi connectivity index (χ4v) is 2.13. The molecule has 1 heterocycles. The first kappa shape index (κ1) is 16.0. The number of thioether (sulfide) groups is 1. The maximum absolute atomic E-state index is 12.1. The number of ether oxygens (including phenoxy) is 1. The number of para-hydroxylation sites is 1. The molecule has 7 nitrogen and oxygen atoms in total. The summed E-state index contributed by atoms with van der Waals surface area (Å²) in [6.45, 7) is 3.84. The summed E-state index contributed by atoms with van der Waals surface area (Å²) in [7, 11) is 0. The van der Waals surface area contributed by atoms with Gasteiger partial charge >= 0.3 is 0 Å². The lowest BCUT2D eigenvalue weighted by Gasteiger charge is -2.07. The van der Waals surface area contributed by atoms with E-state index in [0.29, 0.717) is 23.1 Å². The topological polar surface area (TPSA) is 89.6 Å². The number of aromatic hydroxyl groups is 1. The van der Waals surface area contributed by atoms with Crippen LogP contribution in [0.3, 0.4) is 0 Å². The number of hydrogen-bond acceptors (Lipinski definition) is 7. The first-order valence-corrected chi connectivity index (χ1v) is 7.80. The van der Waals surface area contributed by atoms with Gasteiger partial charge < -0.3 is 9.84 Å². The minimum absolute atomic E-state index is 0.0226. The third-order valence-electron chi connectivity index (χ3n) is 2.79. The van der Waals surface area contributed by atoms with E-state index in [0.717, 1.165) is 4.68 Å². The highest BCUT2D eigenvalue weighted by Gasteiger charge is 2.09. The molecule has 2 aromatic rings. The molecule has 8 heteroatoms. The molecular formula is C14H16N4O3S. The Hall–Kier alpha value is -2.35. The Morgan fingerprint density at radius 3 is 2.91 bits per heavy atom. The molecule has 0 saturated carbocycles. The lowest BCUT2D eigenvalue weighted by atomic mass is 10.2. The second kappa shape index (κ2) is 7.08. The van der Waals surface area contributed by atoms with Crippen molar-refractivity contribution in [1.29, 1.82) is 0 Å². The van der Waals surface area contributed by atoms with Gasteiger partial charge in [-0.05, 0) is 32.2 Å². The normalized spacial score (nSPS) is 11.0. The standard InChI is InChI=1S/C14H16N4O3S/c1-4-21-11-7-5-6-10(12(11)19)8-15-18-13(20)9(2)16-17-14(18)22-3/h5-8,19H,4H2,1-3H3/b15-8-. The van der Waals surface area contributed by atoms with Gasteiger partial charge in [0.1, 0.15) is 5.69 Å². The van der Waals surface area contributed by atoms with Gasteiger partial charge in [-0.3, -0.25) is 4.79 Å². The molecule has 1 aromatic carbocycles. The van der Waals surface area contributed by atoms with E-state index in [-0.39, 0.29) is 17.0 Å². The molecule has 1 N–H and O–H groups in total. The fourth-order valence-electron chi connectivity index (χ4n) is 1.71. The molecule has 0 fully saturated rings. The van der Waals surface area contributed by atoms with Gasteiger partial charge in [-0.15, -0.1) is 10.2 Å². The molecule has 0 spiro atoms. The molecule has 0 aliphatic carbocycles. The highest BCUT2D eigenvalue weighted by atomic mass is 32.2. The number of phenolic OH excluding ortho intramolecular Hbond substituents is 1. The maximum Gasteiger partial charge on any atom is 0.296 e. The van der Waals surface area contributed by atoms with Gasteiger partial charge in [0.15, 0.2) is 11.5 Å². The first-order valence-electron chi connectivity index (χ1n) is 6.58. The van der Waals surface area contributed by atoms with Crippen molar-refractivity contribution in [3.05, 3.63) is 39.8 Å². The second-order valence-electron chi connectivity index (χ2n) is 4.26. The third-order valence-corrected chi connectivity index (χ3v) is 3.41. The maximum atomic E-state index is 12.1. The molecule has 1 aromatic heterocycles. The Morgan fingerprint density at radius 2 is 2.23 bits per heavy atom. The van der Waals surface area contributed by atoms with Gasteiger partial charge in [0.2, 0.25) is 5.16 Å². The van der Waals surface area contributed by atoms with Crippen LogP contribution in [-0.2, 0) is 0 Å². The van der Waals surface area contributed by atoms with Crippen LogP contribution in [0.4, 0.5) is 0 Å². The van der Waals surface area contributed by atoms with E-state index in [1.807, 2.05) is 6.92 Å². The summed E-state index contributed by atoms with van der Waals surface area (Å²) in [4.78, 5) is 12.1. The number of phenols is 1. The van der Waals surface area contributed by atoms with E-state index < -0.39 is 0 Å². The number of benzene rings is 1. The SMILES string of the molecule is CCOc1cccc(/C=N\n2c(SC)nnc(C)c2=O)c1O. The van der Waals surface area contributed by atoms with Crippen LogP contribution in [0.2, 0.25) is 0 Å². The van der Waals surface area contributed by atoms with Crippen molar-refractivity contribution in [3.63, 3.8) is 0 Å². The predicted molar refractivity (Wildman–Crippen MR) is 85.1 cm³/mol. The summed E-state index contributed by atoms with van der Waals surface area (Å²) < 4.78 is 6.46. The highest BCUT2D eigenvalue weighted by Crippen LogP contribution is 2.28. The summed E-state index contributed by atoms with van der Waals surface area (Å²) in [5, 5.41) is 22.3. The van der Waals surface area contributed by atoms with Gasteiger partial charge in [-0.1, -0.05) is 17.8 Å². The molecule has 116 valence electrons. The molecule has 0 bridgehead atoms. The van der Waals surface area contributed by atoms with Crippen molar-refractivity contribution >= 4 is 18.0 Å². The first-order chi connectivity index (χ1) is 10.6. The van der Waals surface area contributed by atoms with E-state index >= 15 is 0 Å². The zero-order valence-electron chi connectivity index (χ0n) is 12.5. The molecule has 22 heavy (non-hydrogen) atoms. The van der Waals surface area contributed by atoms with Crippen molar-refractivity contribution in [3.8, 4) is 11.5 Å². The number of hydrogen-bond donors (Lipinski definition) is 1. The zero-order valence-corrected chi connectivity index (χ0v) is 13.3. The summed E-state index contributed by atoms with van der Waals surface area (Å²) in [5.41, 5.74) is 0.345. The number of nitrogens with zero attached hydrogens (tertiary/aromatic N) is 4. The fraction of sp³-hybridized carbons (Fsp3) is 0.286. The van der Waals surface area contributed by atoms with Crippen LogP contribution in [0.15, 0.2) is 33.3 Å². The van der Waals surface area contributed by atoms with E-state index in [1.165, 1.54) is 18.0 Å². The highest BCUT2D eigenvalue weighted by molar-refractivity contribution is 7.98. The molecule has 0 unspecified atom stereocenters. The molecule has 2 rings (SSSR count). The number of aromatic nitrogens is 3. The molecule has 0 atom stereocenters. The Morgan fingerprint density at radius 1 is 1.45 bits per heavy atom. The molecule has 0 radical (unpaired) electrons. The van der Waals surface area contributed by atoms with E-state index in [2.05, 4.69) is 15.3 Å². The Labute approximate surface area is 131 Å². The van der Waals surface area contributed by atoms with Crippen molar-refractivity contribution in [1.82, 2.24) is 14.9 Å². The van der Waals surface area contributed by atoms with Crippen molar-refractivity contribution in [2.45, 2.75) is 19.0 Å². The van der Waals surface area contributed by atoms with Crippen molar-refractivity contribution in [2.75, 3.05) is 12.9 Å². The Balaban J connectivity index is 2.44. The monoisotopic (exact) mass is 320 g/mol. The van der Waals surface area contributed by atoms with Gasteiger partial charge in [0.05, 0.1) is 12.8 Å². The van der Waals surface area contributed by atoms with Crippen LogP contribution in [0.5, 0.6) is 11.5 Å². The minimum Gasteiger partial charge on any atom is -0.504 e. The Bertz CT molecular complexity index is 758. The molecule has 0 amide bonds. The number of rotatable bonds is 5. The zero-order chi connectivity index (χ0) is 16.1. The van der Waals surface area contributed by atoms with E-state index in [1.54, 1.807) is 31.4 Å². The molecular weight excluding hydrogens is 304 g/mol. The van der Waals surface area contributed by atoms with Crippen LogP contribution in [0.1, 0.15) is 18.2 Å². The van der Waals surface area contributed by atoms with Crippen LogP contribution in [0, 0.1) is 6.92 Å². The summed E-state index contributed by atoms with van der Waals surface area (Å²) in [6, 6.07) is 5.07.